The molecule has 1 aromatic carbocycles. The molecule has 2 aromatic heterocycles. The molecule has 2 N–H and O–H groups in total. The monoisotopic (exact) mass is 650 g/mol. The molecule has 1 aliphatic rings. The zero-order valence-corrected chi connectivity index (χ0v) is 24.8. The molecule has 0 unspecified atom stereocenters. The van der Waals surface area contributed by atoms with Crippen LogP contribution in [0.5, 0.6) is 11.6 Å². The molecule has 234 valence electrons. The van der Waals surface area contributed by atoms with Crippen molar-refractivity contribution in [1.29, 1.82) is 0 Å². The van der Waals surface area contributed by atoms with Gasteiger partial charge in [-0.15, -0.1) is 11.3 Å². The molecular formula is C25H27F5N6O5S2. The second kappa shape index (κ2) is 12.4. The van der Waals surface area contributed by atoms with Crippen LogP contribution < -0.4 is 14.8 Å². The van der Waals surface area contributed by atoms with Crippen LogP contribution in [0.1, 0.15) is 32.2 Å². The normalized spacial score (nSPS) is 17.6. The van der Waals surface area contributed by atoms with Gasteiger partial charge in [-0.2, -0.15) is 8.78 Å². The molecule has 3 heterocycles. The Morgan fingerprint density at radius 3 is 2.47 bits per heavy atom. The standard InChI is InChI=1S/C25H27F5N6O5S2/c1-12-32-21(40-15-8-16(27)19(17(28)9-15)35-43(38,39)22(29)30)20(42-12)18-5-6-31-23(34-18)33-14-7-13(26)10-36(11-14)24(37)41-25(2,3)4/h5-6,8-9,13-14,22,35H,7,10-11H2,1-4H3,(H,31,33,34)/t13-,14-/m0/s1. The molecule has 1 aliphatic heterocycles. The van der Waals surface area contributed by atoms with Gasteiger partial charge >= 0.3 is 11.9 Å². The second-order valence-corrected chi connectivity index (χ2v) is 13.3. The van der Waals surface area contributed by atoms with Crippen LogP contribution in [-0.4, -0.2) is 71.0 Å². The fraction of sp³-hybridized carbons (Fsp3) is 0.440. The highest BCUT2D eigenvalue weighted by Gasteiger charge is 2.33. The smallest absolute Gasteiger partial charge is 0.410 e. The Kier molecular flexibility index (Phi) is 9.29. The number of anilines is 2. The molecule has 2 atom stereocenters. The number of aryl methyl sites for hydroxylation is 1. The lowest BCUT2D eigenvalue weighted by atomic mass is 10.0. The van der Waals surface area contributed by atoms with E-state index < -0.39 is 62.8 Å². The summed E-state index contributed by atoms with van der Waals surface area (Å²) in [5, 5.41) is 3.50. The predicted molar refractivity (Wildman–Crippen MR) is 148 cm³/mol. The molecule has 43 heavy (non-hydrogen) atoms. The van der Waals surface area contributed by atoms with Crippen LogP contribution in [0, 0.1) is 18.6 Å². The molecule has 0 saturated carbocycles. The Morgan fingerprint density at radius 2 is 1.84 bits per heavy atom. The van der Waals surface area contributed by atoms with Gasteiger partial charge in [-0.25, -0.2) is 41.3 Å². The molecule has 0 aliphatic carbocycles. The van der Waals surface area contributed by atoms with E-state index in [1.165, 1.54) is 21.9 Å². The van der Waals surface area contributed by atoms with E-state index in [1.54, 1.807) is 27.7 Å². The molecule has 0 spiro atoms. The fourth-order valence-corrected chi connectivity index (χ4v) is 5.38. The summed E-state index contributed by atoms with van der Waals surface area (Å²) >= 11 is 1.13. The SMILES string of the molecule is Cc1nc(Oc2cc(F)c(NS(=O)(=O)C(F)F)c(F)c2)c(-c2ccnc(N[C@H]3C[C@H](F)CN(C(=O)OC(C)(C)C)C3)n2)s1. The largest absolute Gasteiger partial charge is 0.444 e. The zero-order valence-electron chi connectivity index (χ0n) is 23.2. The Labute approximate surface area is 247 Å². The van der Waals surface area contributed by atoms with Crippen molar-refractivity contribution in [2.75, 3.05) is 23.1 Å². The van der Waals surface area contributed by atoms with Gasteiger partial charge < -0.3 is 19.7 Å². The quantitative estimate of drug-likeness (QED) is 0.294. The van der Waals surface area contributed by atoms with Gasteiger partial charge in [0.1, 0.15) is 28.1 Å². The molecule has 1 saturated heterocycles. The van der Waals surface area contributed by atoms with Gasteiger partial charge in [-0.1, -0.05) is 0 Å². The van der Waals surface area contributed by atoms with Crippen molar-refractivity contribution in [3.8, 4) is 22.2 Å². The van der Waals surface area contributed by atoms with Gasteiger partial charge in [0, 0.05) is 37.3 Å². The van der Waals surface area contributed by atoms with E-state index in [1.807, 2.05) is 0 Å². The Morgan fingerprint density at radius 1 is 1.16 bits per heavy atom. The number of nitrogens with zero attached hydrogens (tertiary/aromatic N) is 4. The minimum atomic E-state index is -5.32. The lowest BCUT2D eigenvalue weighted by molar-refractivity contribution is 0.0124. The van der Waals surface area contributed by atoms with Gasteiger partial charge in [-0.05, 0) is 33.8 Å². The Balaban J connectivity index is 1.53. The van der Waals surface area contributed by atoms with Crippen LogP contribution >= 0.6 is 11.3 Å². The predicted octanol–water partition coefficient (Wildman–Crippen LogP) is 5.70. The van der Waals surface area contributed by atoms with E-state index in [2.05, 4.69) is 20.3 Å². The number of hydrogen-bond acceptors (Lipinski definition) is 10. The summed E-state index contributed by atoms with van der Waals surface area (Å²) in [5.41, 5.74) is -1.76. The van der Waals surface area contributed by atoms with Gasteiger partial charge in [0.15, 0.2) is 11.6 Å². The molecule has 3 aromatic rings. The summed E-state index contributed by atoms with van der Waals surface area (Å²) in [6, 6.07) is 2.17. The zero-order chi connectivity index (χ0) is 31.7. The summed E-state index contributed by atoms with van der Waals surface area (Å²) in [4.78, 5) is 26.9. The topological polar surface area (TPSA) is 136 Å². The van der Waals surface area contributed by atoms with Crippen LogP contribution in [0.3, 0.4) is 0 Å². The van der Waals surface area contributed by atoms with Crippen molar-refractivity contribution < 1.29 is 44.6 Å². The third kappa shape index (κ3) is 8.19. The van der Waals surface area contributed by atoms with Crippen LogP contribution in [0.15, 0.2) is 24.4 Å². The van der Waals surface area contributed by atoms with Crippen LogP contribution in [0.4, 0.5) is 38.4 Å². The van der Waals surface area contributed by atoms with Gasteiger partial charge in [0.05, 0.1) is 17.2 Å². The second-order valence-electron chi connectivity index (χ2n) is 10.5. The van der Waals surface area contributed by atoms with Crippen molar-refractivity contribution in [2.45, 2.75) is 57.7 Å². The van der Waals surface area contributed by atoms with Crippen LogP contribution in [0.2, 0.25) is 0 Å². The molecule has 0 radical (unpaired) electrons. The third-order valence-electron chi connectivity index (χ3n) is 5.68. The van der Waals surface area contributed by atoms with Gasteiger partial charge in [-0.3, -0.25) is 4.72 Å². The maximum absolute atomic E-state index is 14.5. The van der Waals surface area contributed by atoms with E-state index in [4.69, 9.17) is 9.47 Å². The van der Waals surface area contributed by atoms with Crippen molar-refractivity contribution >= 4 is 39.1 Å². The Hall–Kier alpha value is -3.80. The summed E-state index contributed by atoms with van der Waals surface area (Å²) in [7, 11) is -5.32. The fourth-order valence-electron chi connectivity index (χ4n) is 4.00. The van der Waals surface area contributed by atoms with Crippen molar-refractivity contribution in [3.05, 3.63) is 41.0 Å². The number of sulfonamides is 1. The van der Waals surface area contributed by atoms with Crippen LogP contribution in [0.25, 0.3) is 10.6 Å². The number of carbonyl (C=O) groups excluding carboxylic acids is 1. The molecule has 1 fully saturated rings. The molecule has 0 bridgehead atoms. The highest BCUT2D eigenvalue weighted by molar-refractivity contribution is 7.93. The van der Waals surface area contributed by atoms with E-state index in [0.717, 1.165) is 11.3 Å². The third-order valence-corrected chi connectivity index (χ3v) is 7.62. The first-order chi connectivity index (χ1) is 20.0. The lowest BCUT2D eigenvalue weighted by Crippen LogP contribution is -2.51. The van der Waals surface area contributed by atoms with E-state index in [0.29, 0.717) is 22.0 Å². The summed E-state index contributed by atoms with van der Waals surface area (Å²) < 4.78 is 104. The van der Waals surface area contributed by atoms with E-state index in [9.17, 15) is 35.2 Å². The number of benzene rings is 1. The highest BCUT2D eigenvalue weighted by Crippen LogP contribution is 2.38. The maximum Gasteiger partial charge on any atom is 0.410 e. The van der Waals surface area contributed by atoms with Crippen molar-refractivity contribution in [1.82, 2.24) is 19.9 Å². The molecule has 4 rings (SSSR count). The number of halogens is 5. The average Bonchev–Trinajstić information content (AvgIpc) is 3.24. The van der Waals surface area contributed by atoms with E-state index in [-0.39, 0.29) is 37.0 Å². The van der Waals surface area contributed by atoms with E-state index >= 15 is 0 Å². The van der Waals surface area contributed by atoms with Crippen molar-refractivity contribution in [2.24, 2.45) is 0 Å². The number of nitrogens with one attached hydrogen (secondary N) is 2. The first-order valence-electron chi connectivity index (χ1n) is 12.7. The highest BCUT2D eigenvalue weighted by atomic mass is 32.2. The van der Waals surface area contributed by atoms with Crippen molar-refractivity contribution in [3.63, 3.8) is 0 Å². The number of carbonyl (C=O) groups is 1. The molecule has 1 amide bonds. The first-order valence-corrected chi connectivity index (χ1v) is 15.0. The number of amides is 1. The minimum absolute atomic E-state index is 0.0848. The number of alkyl halides is 3. The maximum atomic E-state index is 14.5. The number of rotatable bonds is 8. The average molecular weight is 651 g/mol. The number of ether oxygens (including phenoxy) is 2. The Bertz CT molecular complexity index is 1580. The molecular weight excluding hydrogens is 623 g/mol. The number of piperidine rings is 1. The number of aromatic nitrogens is 3. The minimum Gasteiger partial charge on any atom is -0.444 e. The van der Waals surface area contributed by atoms with Crippen LogP contribution in [-0.2, 0) is 14.8 Å². The summed E-state index contributed by atoms with van der Waals surface area (Å²) in [5.74, 6) is -7.35. The molecule has 18 heteroatoms. The molecule has 11 nitrogen and oxygen atoms in total. The number of thiazole rings is 1. The summed E-state index contributed by atoms with van der Waals surface area (Å²) in [6.45, 7) is 6.78. The number of hydrogen-bond donors (Lipinski definition) is 2. The number of likely N-dealkylation sites (tertiary alicyclic amines) is 1. The lowest BCUT2D eigenvalue weighted by Gasteiger charge is -2.36. The first kappa shape index (κ1) is 32.1. The van der Waals surface area contributed by atoms with Gasteiger partial charge in [0.2, 0.25) is 11.8 Å². The summed E-state index contributed by atoms with van der Waals surface area (Å²) in [6.07, 6.45) is -0.468. The van der Waals surface area contributed by atoms with Gasteiger partial charge in [0.25, 0.3) is 10.0 Å².